The summed E-state index contributed by atoms with van der Waals surface area (Å²) in [6.45, 7) is 4.22. The third-order valence-electron chi connectivity index (χ3n) is 5.60. The van der Waals surface area contributed by atoms with Crippen LogP contribution < -0.4 is 4.80 Å². The molecule has 5 nitrogen and oxygen atoms in total. The van der Waals surface area contributed by atoms with Crippen LogP contribution >= 0.6 is 11.3 Å². The van der Waals surface area contributed by atoms with Gasteiger partial charge in [0.05, 0.1) is 16.3 Å². The zero-order valence-electron chi connectivity index (χ0n) is 16.1. The van der Waals surface area contributed by atoms with E-state index >= 15 is 0 Å². The SMILES string of the molecule is Cc1cccc(N=c2scc(-c3ccc([N+](=O)[O-])cc3)n2C2CCCC2)c1C. The van der Waals surface area contributed by atoms with E-state index in [1.807, 2.05) is 18.2 Å². The van der Waals surface area contributed by atoms with Crippen LogP contribution in [0.3, 0.4) is 0 Å². The molecule has 1 aliphatic rings. The van der Waals surface area contributed by atoms with Gasteiger partial charge in [-0.15, -0.1) is 11.3 Å². The number of non-ortho nitro benzene ring substituents is 1. The van der Waals surface area contributed by atoms with Gasteiger partial charge in [-0.25, -0.2) is 4.99 Å². The van der Waals surface area contributed by atoms with Gasteiger partial charge < -0.3 is 4.57 Å². The third-order valence-corrected chi connectivity index (χ3v) is 6.44. The number of aryl methyl sites for hydroxylation is 1. The molecule has 0 atom stereocenters. The largest absolute Gasteiger partial charge is 0.313 e. The Bertz CT molecular complexity index is 1070. The summed E-state index contributed by atoms with van der Waals surface area (Å²) in [4.78, 5) is 16.6. The molecule has 0 unspecified atom stereocenters. The number of nitro benzene ring substituents is 1. The third kappa shape index (κ3) is 3.52. The number of nitro groups is 1. The first-order valence-electron chi connectivity index (χ1n) is 9.60. The fourth-order valence-corrected chi connectivity index (χ4v) is 4.82. The molecule has 144 valence electrons. The molecule has 1 saturated carbocycles. The van der Waals surface area contributed by atoms with Gasteiger partial charge in [0.1, 0.15) is 0 Å². The van der Waals surface area contributed by atoms with Crippen molar-refractivity contribution in [3.05, 3.63) is 73.9 Å². The van der Waals surface area contributed by atoms with Gasteiger partial charge in [0.15, 0.2) is 4.80 Å². The van der Waals surface area contributed by atoms with Gasteiger partial charge in [0.2, 0.25) is 0 Å². The van der Waals surface area contributed by atoms with Crippen LogP contribution in [0.4, 0.5) is 11.4 Å². The minimum absolute atomic E-state index is 0.117. The molecule has 0 amide bonds. The van der Waals surface area contributed by atoms with Gasteiger partial charge in [0.25, 0.3) is 5.69 Å². The summed E-state index contributed by atoms with van der Waals surface area (Å²) in [7, 11) is 0. The highest BCUT2D eigenvalue weighted by Gasteiger charge is 2.22. The molecule has 28 heavy (non-hydrogen) atoms. The maximum atomic E-state index is 11.0. The molecule has 1 heterocycles. The highest BCUT2D eigenvalue weighted by molar-refractivity contribution is 7.07. The van der Waals surface area contributed by atoms with Gasteiger partial charge >= 0.3 is 0 Å². The van der Waals surface area contributed by atoms with E-state index in [0.29, 0.717) is 6.04 Å². The monoisotopic (exact) mass is 393 g/mol. The minimum atomic E-state index is -0.357. The number of nitrogens with zero attached hydrogens (tertiary/aromatic N) is 3. The van der Waals surface area contributed by atoms with E-state index < -0.39 is 0 Å². The van der Waals surface area contributed by atoms with Gasteiger partial charge in [-0.2, -0.15) is 0 Å². The molecule has 0 saturated heterocycles. The number of hydrogen-bond donors (Lipinski definition) is 0. The predicted molar refractivity (Wildman–Crippen MR) is 113 cm³/mol. The number of aromatic nitrogens is 1. The maximum Gasteiger partial charge on any atom is 0.269 e. The average molecular weight is 394 g/mol. The van der Waals surface area contributed by atoms with Crippen LogP contribution in [0.15, 0.2) is 52.8 Å². The summed E-state index contributed by atoms with van der Waals surface area (Å²) in [5.41, 5.74) is 5.65. The van der Waals surface area contributed by atoms with Crippen LogP contribution in [0.5, 0.6) is 0 Å². The van der Waals surface area contributed by atoms with E-state index in [4.69, 9.17) is 4.99 Å². The lowest BCUT2D eigenvalue weighted by atomic mass is 10.1. The second-order valence-electron chi connectivity index (χ2n) is 7.35. The van der Waals surface area contributed by atoms with Crippen molar-refractivity contribution in [1.29, 1.82) is 0 Å². The average Bonchev–Trinajstić information content (AvgIpc) is 3.35. The van der Waals surface area contributed by atoms with Crippen molar-refractivity contribution in [2.24, 2.45) is 4.99 Å². The lowest BCUT2D eigenvalue weighted by Crippen LogP contribution is -2.20. The summed E-state index contributed by atoms with van der Waals surface area (Å²) in [6, 6.07) is 13.5. The molecule has 4 rings (SSSR count). The van der Waals surface area contributed by atoms with E-state index in [9.17, 15) is 10.1 Å². The van der Waals surface area contributed by atoms with Crippen LogP contribution in [0.2, 0.25) is 0 Å². The number of thiazole rings is 1. The molecule has 2 aromatic carbocycles. The van der Waals surface area contributed by atoms with E-state index in [0.717, 1.165) is 34.6 Å². The summed E-state index contributed by atoms with van der Waals surface area (Å²) in [5.74, 6) is 0. The number of hydrogen-bond acceptors (Lipinski definition) is 4. The van der Waals surface area contributed by atoms with Gasteiger partial charge in [-0.05, 0) is 61.6 Å². The number of benzene rings is 2. The smallest absolute Gasteiger partial charge is 0.269 e. The molecule has 1 aliphatic carbocycles. The van der Waals surface area contributed by atoms with Crippen LogP contribution in [-0.2, 0) is 0 Å². The second-order valence-corrected chi connectivity index (χ2v) is 8.18. The first-order chi connectivity index (χ1) is 13.5. The molecule has 0 aliphatic heterocycles. The quantitative estimate of drug-likeness (QED) is 0.398. The Balaban J connectivity index is 1.85. The van der Waals surface area contributed by atoms with Crippen molar-refractivity contribution >= 4 is 22.7 Å². The lowest BCUT2D eigenvalue weighted by Gasteiger charge is -2.16. The first kappa shape index (κ1) is 18.6. The van der Waals surface area contributed by atoms with E-state index in [-0.39, 0.29) is 10.6 Å². The summed E-state index contributed by atoms with van der Waals surface area (Å²) in [5, 5.41) is 13.1. The zero-order chi connectivity index (χ0) is 19.7. The van der Waals surface area contributed by atoms with Crippen molar-refractivity contribution in [2.75, 3.05) is 0 Å². The highest BCUT2D eigenvalue weighted by atomic mass is 32.1. The summed E-state index contributed by atoms with van der Waals surface area (Å²) >= 11 is 1.64. The number of rotatable bonds is 4. The van der Waals surface area contributed by atoms with E-state index in [1.165, 1.54) is 24.0 Å². The molecule has 3 aromatic rings. The fourth-order valence-electron chi connectivity index (χ4n) is 3.84. The van der Waals surface area contributed by atoms with Crippen molar-refractivity contribution in [3.8, 4) is 11.3 Å². The van der Waals surface area contributed by atoms with Crippen LogP contribution in [0.1, 0.15) is 42.9 Å². The Hall–Kier alpha value is -2.73. The van der Waals surface area contributed by atoms with Crippen molar-refractivity contribution < 1.29 is 4.92 Å². The zero-order valence-corrected chi connectivity index (χ0v) is 16.9. The van der Waals surface area contributed by atoms with Crippen LogP contribution in [0.25, 0.3) is 11.3 Å². The first-order valence-corrected chi connectivity index (χ1v) is 10.5. The van der Waals surface area contributed by atoms with Crippen molar-refractivity contribution in [1.82, 2.24) is 4.57 Å². The van der Waals surface area contributed by atoms with Crippen LogP contribution in [0, 0.1) is 24.0 Å². The van der Waals surface area contributed by atoms with Gasteiger partial charge in [-0.1, -0.05) is 25.0 Å². The molecule has 6 heteroatoms. The molecular formula is C22H23N3O2S. The molecule has 0 bridgehead atoms. The molecule has 0 N–H and O–H groups in total. The summed E-state index contributed by atoms with van der Waals surface area (Å²) < 4.78 is 2.35. The normalized spacial score (nSPS) is 15.3. The molecule has 1 aromatic heterocycles. The van der Waals surface area contributed by atoms with Crippen molar-refractivity contribution in [2.45, 2.75) is 45.6 Å². The maximum absolute atomic E-state index is 11.0. The summed E-state index contributed by atoms with van der Waals surface area (Å²) in [6.07, 6.45) is 4.76. The van der Waals surface area contributed by atoms with Crippen molar-refractivity contribution in [3.63, 3.8) is 0 Å². The Labute approximate surface area is 168 Å². The Kier molecular flexibility index (Phi) is 5.13. The van der Waals surface area contributed by atoms with Gasteiger partial charge in [0, 0.05) is 23.6 Å². The Morgan fingerprint density at radius 1 is 1.11 bits per heavy atom. The van der Waals surface area contributed by atoms with E-state index in [1.54, 1.807) is 23.5 Å². The molecule has 1 fully saturated rings. The predicted octanol–water partition coefficient (Wildman–Crippen LogP) is 6.09. The standard InChI is InChI=1S/C22H23N3O2S/c1-15-6-5-9-20(16(15)2)23-22-24(18-7-3-4-8-18)21(14-28-22)17-10-12-19(13-11-17)25(26)27/h5-6,9-14,18H,3-4,7-8H2,1-2H3. The topological polar surface area (TPSA) is 60.4 Å². The Morgan fingerprint density at radius 2 is 1.82 bits per heavy atom. The fraction of sp³-hybridized carbons (Fsp3) is 0.318. The molecular weight excluding hydrogens is 370 g/mol. The lowest BCUT2D eigenvalue weighted by molar-refractivity contribution is -0.384. The molecule has 0 spiro atoms. The molecule has 0 radical (unpaired) electrons. The van der Waals surface area contributed by atoms with Gasteiger partial charge in [-0.3, -0.25) is 10.1 Å². The minimum Gasteiger partial charge on any atom is -0.313 e. The van der Waals surface area contributed by atoms with Crippen LogP contribution in [-0.4, -0.2) is 9.49 Å². The highest BCUT2D eigenvalue weighted by Crippen LogP contribution is 2.34. The second kappa shape index (κ2) is 7.72. The Morgan fingerprint density at radius 3 is 2.50 bits per heavy atom. The van der Waals surface area contributed by atoms with E-state index in [2.05, 4.69) is 35.9 Å².